The van der Waals surface area contributed by atoms with Crippen molar-refractivity contribution in [3.63, 3.8) is 0 Å². The second kappa shape index (κ2) is 3.10. The lowest BCUT2D eigenvalue weighted by Crippen LogP contribution is -2.32. The maximum atomic E-state index is 11.6. The highest BCUT2D eigenvalue weighted by Gasteiger charge is 2.43. The van der Waals surface area contributed by atoms with E-state index in [0.29, 0.717) is 5.56 Å². The van der Waals surface area contributed by atoms with Gasteiger partial charge in [0, 0.05) is 0 Å². The molecular weight excluding hydrogens is 212 g/mol. The van der Waals surface area contributed by atoms with Gasteiger partial charge in [0.05, 0.1) is 0 Å². The summed E-state index contributed by atoms with van der Waals surface area (Å²) in [5.41, 5.74) is 1.62. The van der Waals surface area contributed by atoms with Gasteiger partial charge in [0.15, 0.2) is 9.84 Å². The highest BCUT2D eigenvalue weighted by molar-refractivity contribution is 8.03. The minimum absolute atomic E-state index is 0.0288. The topological polar surface area (TPSA) is 54.4 Å². The van der Waals surface area contributed by atoms with Crippen LogP contribution in [0.1, 0.15) is 18.1 Å². The number of aliphatic hydroxyl groups is 1. The van der Waals surface area contributed by atoms with E-state index in [4.69, 9.17) is 0 Å². The van der Waals surface area contributed by atoms with Crippen molar-refractivity contribution in [3.05, 3.63) is 41.2 Å². The fourth-order valence-corrected chi connectivity index (χ4v) is 3.13. The highest BCUT2D eigenvalue weighted by atomic mass is 32.2. The molecule has 15 heavy (non-hydrogen) atoms. The van der Waals surface area contributed by atoms with Crippen LogP contribution < -0.4 is 0 Å². The van der Waals surface area contributed by atoms with Crippen molar-refractivity contribution in [2.24, 2.45) is 0 Å². The predicted molar refractivity (Wildman–Crippen MR) is 59.1 cm³/mol. The molecule has 0 bridgehead atoms. The Bertz CT molecular complexity index is 523. The second-order valence-electron chi connectivity index (χ2n) is 3.77. The van der Waals surface area contributed by atoms with Gasteiger partial charge in [-0.25, -0.2) is 8.42 Å². The summed E-state index contributed by atoms with van der Waals surface area (Å²) in [5, 5.41) is 8.78. The van der Waals surface area contributed by atoms with Gasteiger partial charge in [0.1, 0.15) is 15.9 Å². The van der Waals surface area contributed by atoms with Crippen molar-refractivity contribution in [3.8, 4) is 0 Å². The molecule has 1 aromatic rings. The minimum atomic E-state index is -3.29. The molecule has 1 unspecified atom stereocenters. The fraction of sp³-hybridized carbons (Fsp3) is 0.273. The Morgan fingerprint density at radius 3 is 2.20 bits per heavy atom. The van der Waals surface area contributed by atoms with Gasteiger partial charge in [-0.3, -0.25) is 0 Å². The van der Waals surface area contributed by atoms with Crippen LogP contribution in [0, 0.1) is 6.92 Å². The fourth-order valence-electron chi connectivity index (χ4n) is 1.61. The SMILES string of the molecule is Cc1ccc(C2=C(O)C(C)S2(=O)=O)cc1. The van der Waals surface area contributed by atoms with E-state index in [1.54, 1.807) is 12.1 Å². The van der Waals surface area contributed by atoms with E-state index in [2.05, 4.69) is 0 Å². The first-order valence-corrected chi connectivity index (χ1v) is 6.23. The predicted octanol–water partition coefficient (Wildman–Crippen LogP) is 2.04. The molecule has 3 nitrogen and oxygen atoms in total. The number of aryl methyl sites for hydroxylation is 1. The van der Waals surface area contributed by atoms with Gasteiger partial charge in [0.2, 0.25) is 0 Å². The normalized spacial score (nSPS) is 23.7. The van der Waals surface area contributed by atoms with Gasteiger partial charge in [0.25, 0.3) is 0 Å². The third-order valence-electron chi connectivity index (χ3n) is 2.68. The summed E-state index contributed by atoms with van der Waals surface area (Å²) in [4.78, 5) is 0.0787. The summed E-state index contributed by atoms with van der Waals surface area (Å²) in [5.74, 6) is -0.0288. The van der Waals surface area contributed by atoms with Crippen LogP contribution in [-0.4, -0.2) is 18.8 Å². The summed E-state index contributed by atoms with van der Waals surface area (Å²) in [6.07, 6.45) is 0. The lowest BCUT2D eigenvalue weighted by molar-refractivity contribution is 0.389. The molecule has 0 aliphatic carbocycles. The molecule has 0 radical (unpaired) electrons. The molecule has 1 aliphatic rings. The Hall–Kier alpha value is -1.29. The van der Waals surface area contributed by atoms with Crippen LogP contribution in [0.3, 0.4) is 0 Å². The third kappa shape index (κ3) is 1.36. The van der Waals surface area contributed by atoms with Gasteiger partial charge in [-0.05, 0) is 19.4 Å². The number of rotatable bonds is 1. The molecule has 0 saturated heterocycles. The molecule has 0 amide bonds. The first kappa shape index (κ1) is 10.2. The van der Waals surface area contributed by atoms with Crippen molar-refractivity contribution >= 4 is 14.7 Å². The van der Waals surface area contributed by atoms with E-state index < -0.39 is 15.1 Å². The summed E-state index contributed by atoms with van der Waals surface area (Å²) >= 11 is 0. The van der Waals surface area contributed by atoms with Crippen LogP contribution in [0.2, 0.25) is 0 Å². The quantitative estimate of drug-likeness (QED) is 0.794. The number of aliphatic hydroxyl groups excluding tert-OH is 1. The van der Waals surface area contributed by atoms with Crippen LogP contribution in [0.5, 0.6) is 0 Å². The zero-order chi connectivity index (χ0) is 11.2. The molecule has 1 N–H and O–H groups in total. The zero-order valence-corrected chi connectivity index (χ0v) is 9.38. The number of benzene rings is 1. The van der Waals surface area contributed by atoms with Crippen molar-refractivity contribution in [1.29, 1.82) is 0 Å². The Balaban J connectivity index is 2.55. The smallest absolute Gasteiger partial charge is 0.192 e. The van der Waals surface area contributed by atoms with Gasteiger partial charge in [-0.1, -0.05) is 29.8 Å². The van der Waals surface area contributed by atoms with E-state index >= 15 is 0 Å². The third-order valence-corrected chi connectivity index (χ3v) is 4.85. The van der Waals surface area contributed by atoms with Crippen molar-refractivity contribution < 1.29 is 13.5 Å². The second-order valence-corrected chi connectivity index (χ2v) is 5.97. The van der Waals surface area contributed by atoms with Crippen molar-refractivity contribution in [2.75, 3.05) is 0 Å². The van der Waals surface area contributed by atoms with E-state index in [1.807, 2.05) is 19.1 Å². The first-order valence-electron chi connectivity index (χ1n) is 4.68. The van der Waals surface area contributed by atoms with Crippen molar-refractivity contribution in [2.45, 2.75) is 19.1 Å². The van der Waals surface area contributed by atoms with Crippen LogP contribution in [0.15, 0.2) is 30.0 Å². The highest BCUT2D eigenvalue weighted by Crippen LogP contribution is 2.39. The summed E-state index contributed by atoms with van der Waals surface area (Å²) in [6, 6.07) is 7.08. The molecule has 2 rings (SSSR count). The molecule has 1 heterocycles. The molecule has 0 spiro atoms. The van der Waals surface area contributed by atoms with Gasteiger partial charge >= 0.3 is 0 Å². The molecule has 4 heteroatoms. The van der Waals surface area contributed by atoms with E-state index in [0.717, 1.165) is 5.56 Å². The monoisotopic (exact) mass is 224 g/mol. The van der Waals surface area contributed by atoms with Crippen LogP contribution in [-0.2, 0) is 9.84 Å². The molecule has 0 saturated carbocycles. The average molecular weight is 224 g/mol. The van der Waals surface area contributed by atoms with Gasteiger partial charge < -0.3 is 5.11 Å². The van der Waals surface area contributed by atoms with E-state index in [-0.39, 0.29) is 10.7 Å². The molecule has 0 aromatic heterocycles. The standard InChI is InChI=1S/C11H12O3S/c1-7-3-5-9(6-4-7)11-10(12)8(2)15(11,13)14/h3-6,8,12H,1-2H3. The van der Waals surface area contributed by atoms with Gasteiger partial charge in [-0.2, -0.15) is 0 Å². The van der Waals surface area contributed by atoms with Crippen molar-refractivity contribution in [1.82, 2.24) is 0 Å². The summed E-state index contributed by atoms with van der Waals surface area (Å²) in [7, 11) is -3.29. The summed E-state index contributed by atoms with van der Waals surface area (Å²) in [6.45, 7) is 3.41. The van der Waals surface area contributed by atoms with E-state index in [9.17, 15) is 13.5 Å². The zero-order valence-electron chi connectivity index (χ0n) is 8.56. The molecule has 1 aliphatic heterocycles. The summed E-state index contributed by atoms with van der Waals surface area (Å²) < 4.78 is 23.3. The van der Waals surface area contributed by atoms with Crippen LogP contribution in [0.4, 0.5) is 0 Å². The lowest BCUT2D eigenvalue weighted by Gasteiger charge is -2.26. The molecule has 1 aromatic carbocycles. The molecule has 1 atom stereocenters. The van der Waals surface area contributed by atoms with E-state index in [1.165, 1.54) is 6.92 Å². The minimum Gasteiger partial charge on any atom is -0.510 e. The first-order chi connectivity index (χ1) is 6.94. The lowest BCUT2D eigenvalue weighted by atomic mass is 10.1. The van der Waals surface area contributed by atoms with Crippen LogP contribution in [0.25, 0.3) is 4.91 Å². The number of hydrogen-bond donors (Lipinski definition) is 1. The molecule has 0 fully saturated rings. The Morgan fingerprint density at radius 2 is 1.73 bits per heavy atom. The maximum absolute atomic E-state index is 11.6. The largest absolute Gasteiger partial charge is 0.510 e. The Morgan fingerprint density at radius 1 is 1.20 bits per heavy atom. The molecular formula is C11H12O3S. The Kier molecular flexibility index (Phi) is 2.12. The van der Waals surface area contributed by atoms with Crippen LogP contribution >= 0.6 is 0 Å². The number of sulfone groups is 1. The van der Waals surface area contributed by atoms with Gasteiger partial charge in [-0.15, -0.1) is 0 Å². The average Bonchev–Trinajstić information content (AvgIpc) is 2.20. The molecule has 80 valence electrons. The Labute approximate surface area is 89.0 Å². The maximum Gasteiger partial charge on any atom is 0.192 e. The number of hydrogen-bond acceptors (Lipinski definition) is 3.